The van der Waals surface area contributed by atoms with Crippen molar-refractivity contribution in [1.29, 1.82) is 0 Å². The van der Waals surface area contributed by atoms with E-state index >= 15 is 0 Å². The minimum absolute atomic E-state index is 0.0138. The monoisotopic (exact) mass is 457 g/mol. The number of nitrogen functional groups attached to an aromatic ring is 1. The van der Waals surface area contributed by atoms with Gasteiger partial charge in [0, 0.05) is 38.3 Å². The van der Waals surface area contributed by atoms with E-state index in [1.807, 2.05) is 61.2 Å². The van der Waals surface area contributed by atoms with Gasteiger partial charge in [0.25, 0.3) is 5.91 Å². The number of aromatic nitrogens is 5. The average molecular weight is 458 g/mol. The molecule has 0 saturated heterocycles. The zero-order valence-electron chi connectivity index (χ0n) is 18.6. The number of nitrogens with zero attached hydrogens (tertiary/aromatic N) is 6. The van der Waals surface area contributed by atoms with Crippen molar-refractivity contribution < 1.29 is 4.79 Å². The summed E-state index contributed by atoms with van der Waals surface area (Å²) >= 11 is 1.71. The lowest BCUT2D eigenvalue weighted by Gasteiger charge is -2.26. The Labute approximate surface area is 194 Å². The van der Waals surface area contributed by atoms with E-state index in [1.165, 1.54) is 11.1 Å². The van der Waals surface area contributed by atoms with E-state index in [0.717, 1.165) is 45.2 Å². The quantitative estimate of drug-likeness (QED) is 0.443. The molecule has 1 amide bonds. The number of hydrogen-bond donors (Lipinski definition) is 1. The van der Waals surface area contributed by atoms with Crippen LogP contribution in [0.1, 0.15) is 33.9 Å². The molecule has 0 bridgehead atoms. The Morgan fingerprint density at radius 3 is 2.88 bits per heavy atom. The first-order valence-electron chi connectivity index (χ1n) is 10.8. The third kappa shape index (κ3) is 2.96. The molecule has 1 aliphatic carbocycles. The van der Waals surface area contributed by atoms with Gasteiger partial charge in [-0.3, -0.25) is 14.2 Å². The van der Waals surface area contributed by atoms with Crippen LogP contribution in [0.25, 0.3) is 32.4 Å². The van der Waals surface area contributed by atoms with Gasteiger partial charge in [0.2, 0.25) is 0 Å². The molecule has 4 heterocycles. The fourth-order valence-corrected chi connectivity index (χ4v) is 6.08. The Balaban J connectivity index is 1.40. The van der Waals surface area contributed by atoms with Crippen LogP contribution in [0.2, 0.25) is 0 Å². The molecular weight excluding hydrogens is 434 g/mol. The largest absolute Gasteiger partial charge is 0.383 e. The number of carbonyl (C=O) groups is 1. The summed E-state index contributed by atoms with van der Waals surface area (Å²) < 4.78 is 3.59. The first-order valence-corrected chi connectivity index (χ1v) is 11.7. The van der Waals surface area contributed by atoms with E-state index in [4.69, 9.17) is 5.73 Å². The Bertz CT molecular complexity index is 1560. The van der Waals surface area contributed by atoms with Crippen LogP contribution < -0.4 is 5.73 Å². The highest BCUT2D eigenvalue weighted by atomic mass is 32.1. The lowest BCUT2D eigenvalue weighted by molar-refractivity contribution is 0.0731. The molecule has 33 heavy (non-hydrogen) atoms. The predicted molar refractivity (Wildman–Crippen MR) is 130 cm³/mol. The summed E-state index contributed by atoms with van der Waals surface area (Å²) in [5.41, 5.74) is 11.9. The summed E-state index contributed by atoms with van der Waals surface area (Å²) in [4.78, 5) is 21.2. The first-order chi connectivity index (χ1) is 15.9. The molecule has 0 radical (unpaired) electrons. The minimum Gasteiger partial charge on any atom is -0.383 e. The number of fused-ring (bicyclic) bond motifs is 4. The summed E-state index contributed by atoms with van der Waals surface area (Å²) in [6.45, 7) is 0. The van der Waals surface area contributed by atoms with Gasteiger partial charge in [0.1, 0.15) is 11.5 Å². The van der Waals surface area contributed by atoms with Crippen molar-refractivity contribution >= 4 is 44.9 Å². The molecule has 4 aromatic heterocycles. The molecule has 5 aromatic rings. The second-order valence-electron chi connectivity index (χ2n) is 8.61. The summed E-state index contributed by atoms with van der Waals surface area (Å²) in [6, 6.07) is 7.66. The van der Waals surface area contributed by atoms with Crippen LogP contribution in [-0.2, 0) is 20.5 Å². The Kier molecular flexibility index (Phi) is 4.31. The number of rotatable bonds is 3. The third-order valence-electron chi connectivity index (χ3n) is 6.62. The number of hydrogen-bond acceptors (Lipinski definition) is 6. The molecule has 1 aliphatic rings. The van der Waals surface area contributed by atoms with Gasteiger partial charge in [-0.15, -0.1) is 11.3 Å². The summed E-state index contributed by atoms with van der Waals surface area (Å²) in [7, 11) is 5.69. The maximum Gasteiger partial charge on any atom is 0.254 e. The molecule has 0 fully saturated rings. The minimum atomic E-state index is -0.0138. The van der Waals surface area contributed by atoms with Crippen LogP contribution in [-0.4, -0.2) is 42.4 Å². The van der Waals surface area contributed by atoms with Gasteiger partial charge >= 0.3 is 0 Å². The molecule has 1 unspecified atom stereocenters. The number of thiophene rings is 1. The SMILES string of the molecule is CN(C(=O)c1ccc2nc(N)c3cnn(C)c3c2c1)C1CCc2csc(-c3ccn(C)n3)c21. The molecule has 0 spiro atoms. The van der Waals surface area contributed by atoms with Crippen molar-refractivity contribution in [3.63, 3.8) is 0 Å². The second kappa shape index (κ2) is 7.14. The van der Waals surface area contributed by atoms with Crippen LogP contribution in [0, 0.1) is 0 Å². The van der Waals surface area contributed by atoms with Gasteiger partial charge in [0.05, 0.1) is 33.5 Å². The number of benzene rings is 1. The van der Waals surface area contributed by atoms with Gasteiger partial charge in [-0.25, -0.2) is 4.98 Å². The van der Waals surface area contributed by atoms with Crippen LogP contribution in [0.3, 0.4) is 0 Å². The van der Waals surface area contributed by atoms with Crippen molar-refractivity contribution in [2.45, 2.75) is 18.9 Å². The number of aryl methyl sites for hydroxylation is 3. The smallest absolute Gasteiger partial charge is 0.254 e. The van der Waals surface area contributed by atoms with Gasteiger partial charge < -0.3 is 10.6 Å². The Morgan fingerprint density at radius 2 is 2.09 bits per heavy atom. The number of nitrogens with two attached hydrogens (primary N) is 1. The van der Waals surface area contributed by atoms with Crippen molar-refractivity contribution in [3.8, 4) is 10.6 Å². The maximum absolute atomic E-state index is 13.6. The van der Waals surface area contributed by atoms with Gasteiger partial charge in [-0.1, -0.05) is 0 Å². The molecule has 1 aromatic carbocycles. The molecule has 1 atom stereocenters. The predicted octanol–water partition coefficient (Wildman–Crippen LogP) is 3.93. The summed E-state index contributed by atoms with van der Waals surface area (Å²) in [5.74, 6) is 0.430. The van der Waals surface area contributed by atoms with Crippen LogP contribution in [0.4, 0.5) is 5.82 Å². The van der Waals surface area contributed by atoms with E-state index in [2.05, 4.69) is 20.6 Å². The van der Waals surface area contributed by atoms with E-state index in [9.17, 15) is 4.79 Å². The highest BCUT2D eigenvalue weighted by Gasteiger charge is 2.33. The number of carbonyl (C=O) groups excluding carboxylic acids is 1. The first kappa shape index (κ1) is 19.9. The van der Waals surface area contributed by atoms with Crippen molar-refractivity contribution in [2.24, 2.45) is 14.1 Å². The number of pyridine rings is 1. The molecule has 8 nitrogen and oxygen atoms in total. The van der Waals surface area contributed by atoms with E-state index in [1.54, 1.807) is 22.2 Å². The molecule has 0 aliphatic heterocycles. The van der Waals surface area contributed by atoms with Crippen LogP contribution in [0.5, 0.6) is 0 Å². The molecule has 0 saturated carbocycles. The lowest BCUT2D eigenvalue weighted by Crippen LogP contribution is -2.30. The summed E-state index contributed by atoms with van der Waals surface area (Å²) in [5, 5.41) is 12.8. The van der Waals surface area contributed by atoms with E-state index in [0.29, 0.717) is 11.4 Å². The standard InChI is InChI=1S/C24H23N7OS/c1-29-9-8-18(28-29)22-20-14(12-33-22)5-7-19(20)30(2)24(32)13-4-6-17-15(10-13)21-16(23(25)27-17)11-26-31(21)3/h4,6,8-12,19H,5,7H2,1-3H3,(H2,25,27). The van der Waals surface area contributed by atoms with Gasteiger partial charge in [-0.2, -0.15) is 10.2 Å². The summed E-state index contributed by atoms with van der Waals surface area (Å²) in [6.07, 6.45) is 5.55. The highest BCUT2D eigenvalue weighted by molar-refractivity contribution is 7.14. The van der Waals surface area contributed by atoms with Crippen LogP contribution >= 0.6 is 11.3 Å². The number of amides is 1. The Morgan fingerprint density at radius 1 is 1.24 bits per heavy atom. The van der Waals surface area contributed by atoms with Gasteiger partial charge in [-0.05, 0) is 53.6 Å². The fourth-order valence-electron chi connectivity index (χ4n) is 4.96. The van der Waals surface area contributed by atoms with Crippen LogP contribution in [0.15, 0.2) is 42.0 Å². The lowest BCUT2D eigenvalue weighted by atomic mass is 10.0. The highest BCUT2D eigenvalue weighted by Crippen LogP contribution is 2.45. The van der Waals surface area contributed by atoms with Crippen molar-refractivity contribution in [3.05, 3.63) is 58.7 Å². The molecule has 166 valence electrons. The van der Waals surface area contributed by atoms with Gasteiger partial charge in [0.15, 0.2) is 0 Å². The zero-order chi connectivity index (χ0) is 22.9. The normalized spacial score (nSPS) is 15.4. The van der Waals surface area contributed by atoms with E-state index < -0.39 is 0 Å². The van der Waals surface area contributed by atoms with E-state index in [-0.39, 0.29) is 11.9 Å². The average Bonchev–Trinajstić information content (AvgIpc) is 3.57. The fraction of sp³-hybridized carbons (Fsp3) is 0.250. The van der Waals surface area contributed by atoms with Crippen molar-refractivity contribution in [2.75, 3.05) is 12.8 Å². The molecule has 6 rings (SSSR count). The van der Waals surface area contributed by atoms with Crippen molar-refractivity contribution in [1.82, 2.24) is 29.4 Å². The molecule has 9 heteroatoms. The molecular formula is C24H23N7OS. The number of anilines is 1. The third-order valence-corrected chi connectivity index (χ3v) is 7.69. The molecule has 2 N–H and O–H groups in total. The Hall–Kier alpha value is -3.72. The maximum atomic E-state index is 13.6. The second-order valence-corrected chi connectivity index (χ2v) is 9.49. The zero-order valence-corrected chi connectivity index (χ0v) is 19.4. The topological polar surface area (TPSA) is 94.9 Å².